The molecule has 0 saturated heterocycles. The summed E-state index contributed by atoms with van der Waals surface area (Å²) in [6, 6.07) is 0. The highest BCUT2D eigenvalue weighted by atomic mass is 16.6. The number of hydrogen-bond acceptors (Lipinski definition) is 6. The number of aliphatic carboxylic acids is 2. The maximum atomic E-state index is 11.7. The van der Waals surface area contributed by atoms with E-state index in [1.165, 1.54) is 14.2 Å². The molecular weight excluding hydrogens is 284 g/mol. The molecule has 1 unspecified atom stereocenters. The number of carbonyl (C=O) groups excluding carboxylic acids is 1. The Morgan fingerprint density at radius 1 is 1.05 bits per heavy atom. The number of carbonyl (C=O) groups is 3. The van der Waals surface area contributed by atoms with Crippen LogP contribution in [0.3, 0.4) is 0 Å². The molecule has 0 aliphatic carbocycles. The second kappa shape index (κ2) is 9.09. The Morgan fingerprint density at radius 2 is 1.62 bits per heavy atom. The van der Waals surface area contributed by atoms with Crippen LogP contribution in [0.15, 0.2) is 12.2 Å². The van der Waals surface area contributed by atoms with Crippen LogP contribution in [0.4, 0.5) is 0 Å². The van der Waals surface area contributed by atoms with Gasteiger partial charge in [0.1, 0.15) is 12.0 Å². The maximum Gasteiger partial charge on any atom is 0.332 e. The molecule has 120 valence electrons. The monoisotopic (exact) mass is 304 g/mol. The summed E-state index contributed by atoms with van der Waals surface area (Å²) in [4.78, 5) is 34.3. The van der Waals surface area contributed by atoms with Crippen molar-refractivity contribution < 1.29 is 38.8 Å². The van der Waals surface area contributed by atoms with Gasteiger partial charge in [-0.25, -0.2) is 4.79 Å². The summed E-state index contributed by atoms with van der Waals surface area (Å²) in [5.74, 6) is -3.79. The Labute approximate surface area is 122 Å². The molecule has 0 aromatic heterocycles. The van der Waals surface area contributed by atoms with Crippen molar-refractivity contribution in [2.24, 2.45) is 5.41 Å². The third-order valence-electron chi connectivity index (χ3n) is 2.97. The zero-order valence-electron chi connectivity index (χ0n) is 12.1. The average Bonchev–Trinajstić information content (AvgIpc) is 2.42. The van der Waals surface area contributed by atoms with Crippen LogP contribution in [0.25, 0.3) is 0 Å². The number of carboxylic acid groups (broad SMARTS) is 2. The topological polar surface area (TPSA) is 119 Å². The highest BCUT2D eigenvalue weighted by molar-refractivity contribution is 5.98. The summed E-state index contributed by atoms with van der Waals surface area (Å²) < 4.78 is 14.3. The van der Waals surface area contributed by atoms with Gasteiger partial charge in [0.25, 0.3) is 0 Å². The van der Waals surface area contributed by atoms with E-state index in [9.17, 15) is 19.5 Å². The van der Waals surface area contributed by atoms with Crippen LogP contribution in [-0.4, -0.2) is 62.2 Å². The third kappa shape index (κ3) is 5.52. The summed E-state index contributed by atoms with van der Waals surface area (Å²) in [5, 5.41) is 18.4. The van der Waals surface area contributed by atoms with Gasteiger partial charge in [-0.2, -0.15) is 0 Å². The van der Waals surface area contributed by atoms with Crippen molar-refractivity contribution in [3.8, 4) is 0 Å². The lowest BCUT2D eigenvalue weighted by atomic mass is 9.75. The lowest BCUT2D eigenvalue weighted by Gasteiger charge is -2.28. The van der Waals surface area contributed by atoms with E-state index in [0.29, 0.717) is 0 Å². The molecule has 0 rings (SSSR count). The molecule has 1 atom stereocenters. The molecule has 8 nitrogen and oxygen atoms in total. The molecule has 8 heteroatoms. The van der Waals surface area contributed by atoms with E-state index in [-0.39, 0.29) is 26.2 Å². The van der Waals surface area contributed by atoms with Crippen LogP contribution >= 0.6 is 0 Å². The van der Waals surface area contributed by atoms with Crippen molar-refractivity contribution in [3.05, 3.63) is 12.2 Å². The molecule has 0 radical (unpaired) electrons. The third-order valence-corrected chi connectivity index (χ3v) is 2.97. The largest absolute Gasteiger partial charge is 0.481 e. The summed E-state index contributed by atoms with van der Waals surface area (Å²) in [6.45, 7) is 3.35. The minimum atomic E-state index is -1.97. The first-order valence-electron chi connectivity index (χ1n) is 6.11. The SMILES string of the molecule is C=C(C(=O)O)C(CCOC)(CC(=O)OCCOC)C(=O)O. The van der Waals surface area contributed by atoms with Crippen LogP contribution in [0.5, 0.6) is 0 Å². The maximum absolute atomic E-state index is 11.7. The summed E-state index contributed by atoms with van der Waals surface area (Å²) >= 11 is 0. The first-order valence-corrected chi connectivity index (χ1v) is 6.11. The van der Waals surface area contributed by atoms with Crippen molar-refractivity contribution in [1.82, 2.24) is 0 Å². The van der Waals surface area contributed by atoms with Crippen LogP contribution < -0.4 is 0 Å². The van der Waals surface area contributed by atoms with Crippen LogP contribution in [0.1, 0.15) is 12.8 Å². The highest BCUT2D eigenvalue weighted by Crippen LogP contribution is 2.35. The average molecular weight is 304 g/mol. The number of methoxy groups -OCH3 is 2. The molecule has 0 bridgehead atoms. The molecule has 2 N–H and O–H groups in total. The standard InChI is InChI=1S/C13H20O8/c1-9(11(15)16)13(12(17)18,4-5-19-2)8-10(14)21-7-6-20-3/h1,4-8H2,2-3H3,(H,15,16)(H,17,18). The van der Waals surface area contributed by atoms with E-state index in [2.05, 4.69) is 6.58 Å². The van der Waals surface area contributed by atoms with Gasteiger partial charge in [-0.15, -0.1) is 0 Å². The second-order valence-electron chi connectivity index (χ2n) is 4.30. The van der Waals surface area contributed by atoms with Crippen molar-refractivity contribution in [2.45, 2.75) is 12.8 Å². The number of esters is 1. The fraction of sp³-hybridized carbons (Fsp3) is 0.615. The normalized spacial score (nSPS) is 13.2. The number of carboxylic acids is 2. The minimum Gasteiger partial charge on any atom is -0.481 e. The smallest absolute Gasteiger partial charge is 0.332 e. The van der Waals surface area contributed by atoms with E-state index in [4.69, 9.17) is 19.3 Å². The number of ether oxygens (including phenoxy) is 3. The van der Waals surface area contributed by atoms with Gasteiger partial charge in [0.15, 0.2) is 0 Å². The quantitative estimate of drug-likeness (QED) is 0.318. The van der Waals surface area contributed by atoms with Gasteiger partial charge in [-0.1, -0.05) is 6.58 Å². The molecule has 21 heavy (non-hydrogen) atoms. The molecule has 0 aliphatic heterocycles. The molecule has 0 aromatic rings. The van der Waals surface area contributed by atoms with Crippen LogP contribution in [0.2, 0.25) is 0 Å². The fourth-order valence-electron chi connectivity index (χ4n) is 1.67. The van der Waals surface area contributed by atoms with Gasteiger partial charge >= 0.3 is 17.9 Å². The van der Waals surface area contributed by atoms with E-state index < -0.39 is 35.3 Å². The van der Waals surface area contributed by atoms with E-state index in [1.54, 1.807) is 0 Å². The van der Waals surface area contributed by atoms with Gasteiger partial charge in [-0.3, -0.25) is 9.59 Å². The number of hydrogen-bond donors (Lipinski definition) is 2. The van der Waals surface area contributed by atoms with Gasteiger partial charge in [-0.05, 0) is 6.42 Å². The predicted molar refractivity (Wildman–Crippen MR) is 70.8 cm³/mol. The summed E-state index contributed by atoms with van der Waals surface area (Å²) in [6.07, 6.45) is -0.843. The molecule has 0 spiro atoms. The first-order chi connectivity index (χ1) is 9.81. The highest BCUT2D eigenvalue weighted by Gasteiger charge is 2.46. The Bertz CT molecular complexity index is 403. The second-order valence-corrected chi connectivity index (χ2v) is 4.30. The van der Waals surface area contributed by atoms with Gasteiger partial charge in [0.05, 0.1) is 13.0 Å². The zero-order valence-corrected chi connectivity index (χ0v) is 12.1. The Hall–Kier alpha value is -1.93. The lowest BCUT2D eigenvalue weighted by molar-refractivity contribution is -0.159. The van der Waals surface area contributed by atoms with E-state index in [0.717, 1.165) is 0 Å². The lowest BCUT2D eigenvalue weighted by Crippen LogP contribution is -2.39. The van der Waals surface area contributed by atoms with Gasteiger partial charge in [0.2, 0.25) is 0 Å². The summed E-state index contributed by atoms with van der Waals surface area (Å²) in [5.41, 5.74) is -2.55. The molecule has 0 saturated carbocycles. The van der Waals surface area contributed by atoms with Crippen molar-refractivity contribution in [2.75, 3.05) is 34.0 Å². The van der Waals surface area contributed by atoms with E-state index in [1.807, 2.05) is 0 Å². The van der Waals surface area contributed by atoms with Crippen molar-refractivity contribution >= 4 is 17.9 Å². The van der Waals surface area contributed by atoms with Gasteiger partial charge in [0, 0.05) is 26.4 Å². The van der Waals surface area contributed by atoms with Gasteiger partial charge < -0.3 is 24.4 Å². The molecule has 0 aliphatic rings. The minimum absolute atomic E-state index is 0.0377. The fourth-order valence-corrected chi connectivity index (χ4v) is 1.67. The Kier molecular flexibility index (Phi) is 8.25. The molecule has 0 heterocycles. The first kappa shape index (κ1) is 19.1. The number of rotatable bonds is 11. The van der Waals surface area contributed by atoms with Crippen LogP contribution in [-0.2, 0) is 28.6 Å². The van der Waals surface area contributed by atoms with Crippen molar-refractivity contribution in [1.29, 1.82) is 0 Å². The molecule has 0 fully saturated rings. The Balaban J connectivity index is 5.17. The molecular formula is C13H20O8. The van der Waals surface area contributed by atoms with E-state index >= 15 is 0 Å². The molecule has 0 amide bonds. The summed E-state index contributed by atoms with van der Waals surface area (Å²) in [7, 11) is 2.76. The zero-order chi connectivity index (χ0) is 16.5. The van der Waals surface area contributed by atoms with Crippen molar-refractivity contribution in [3.63, 3.8) is 0 Å². The predicted octanol–water partition coefficient (Wildman–Crippen LogP) is 0.314. The molecule has 0 aromatic carbocycles. The Morgan fingerprint density at radius 3 is 2.05 bits per heavy atom. The van der Waals surface area contributed by atoms with Crippen LogP contribution in [0, 0.1) is 5.41 Å².